The van der Waals surface area contributed by atoms with E-state index >= 15 is 0 Å². The van der Waals surface area contributed by atoms with Crippen LogP contribution in [0.4, 0.5) is 5.69 Å². The Kier molecular flexibility index (Phi) is 6.00. The number of amides is 1. The molecule has 0 spiro atoms. The first-order valence-corrected chi connectivity index (χ1v) is 7.71. The van der Waals surface area contributed by atoms with Gasteiger partial charge in [0.05, 0.1) is 19.8 Å². The summed E-state index contributed by atoms with van der Waals surface area (Å²) in [5.41, 5.74) is 2.83. The van der Waals surface area contributed by atoms with E-state index in [9.17, 15) is 9.59 Å². The van der Waals surface area contributed by atoms with E-state index in [1.165, 1.54) is 14.2 Å². The molecule has 0 radical (unpaired) electrons. The summed E-state index contributed by atoms with van der Waals surface area (Å²) in [6.07, 6.45) is 0. The second-order valence-electron chi connectivity index (χ2n) is 5.51. The second kappa shape index (κ2) is 8.19. The highest BCUT2D eigenvalue weighted by molar-refractivity contribution is 5.96. The van der Waals surface area contributed by atoms with Gasteiger partial charge in [0, 0.05) is 11.8 Å². The van der Waals surface area contributed by atoms with E-state index in [4.69, 9.17) is 14.2 Å². The molecule has 2 aromatic carbocycles. The third-order valence-corrected chi connectivity index (χ3v) is 3.60. The van der Waals surface area contributed by atoms with Crippen LogP contribution in [0.15, 0.2) is 36.4 Å². The molecule has 132 valence electrons. The number of hydrogen-bond acceptors (Lipinski definition) is 5. The first-order valence-electron chi connectivity index (χ1n) is 7.71. The number of benzene rings is 2. The van der Waals surface area contributed by atoms with Crippen molar-refractivity contribution < 1.29 is 23.8 Å². The fourth-order valence-corrected chi connectivity index (χ4v) is 2.36. The Morgan fingerprint density at radius 3 is 2.32 bits per heavy atom. The van der Waals surface area contributed by atoms with Crippen LogP contribution in [0.1, 0.15) is 21.5 Å². The summed E-state index contributed by atoms with van der Waals surface area (Å²) in [5.74, 6) is 0.0830. The maximum atomic E-state index is 12.1. The smallest absolute Gasteiger partial charge is 0.338 e. The molecule has 2 aromatic rings. The van der Waals surface area contributed by atoms with Crippen molar-refractivity contribution in [1.82, 2.24) is 0 Å². The molecule has 1 N–H and O–H groups in total. The summed E-state index contributed by atoms with van der Waals surface area (Å²) in [7, 11) is 3.04. The molecule has 0 aliphatic carbocycles. The van der Waals surface area contributed by atoms with E-state index in [2.05, 4.69) is 5.32 Å². The Morgan fingerprint density at radius 2 is 1.68 bits per heavy atom. The molecule has 1 amide bonds. The van der Waals surface area contributed by atoms with Crippen LogP contribution in [0.5, 0.6) is 11.5 Å². The van der Waals surface area contributed by atoms with Gasteiger partial charge in [0.1, 0.15) is 0 Å². The van der Waals surface area contributed by atoms with E-state index in [0.29, 0.717) is 22.7 Å². The number of nitrogens with one attached hydrogen (secondary N) is 1. The number of esters is 1. The van der Waals surface area contributed by atoms with Gasteiger partial charge in [0.25, 0.3) is 5.91 Å². The largest absolute Gasteiger partial charge is 0.493 e. The molecule has 2 rings (SSSR count). The highest BCUT2D eigenvalue weighted by atomic mass is 16.5. The van der Waals surface area contributed by atoms with Gasteiger partial charge in [-0.25, -0.2) is 4.79 Å². The summed E-state index contributed by atoms with van der Waals surface area (Å²) in [6, 6.07) is 10.4. The lowest BCUT2D eigenvalue weighted by atomic mass is 10.1. The van der Waals surface area contributed by atoms with Crippen LogP contribution in [0.25, 0.3) is 0 Å². The lowest BCUT2D eigenvalue weighted by molar-refractivity contribution is -0.119. The summed E-state index contributed by atoms with van der Waals surface area (Å²) in [5, 5.41) is 2.65. The summed E-state index contributed by atoms with van der Waals surface area (Å²) >= 11 is 0. The van der Waals surface area contributed by atoms with E-state index in [0.717, 1.165) is 11.1 Å². The molecule has 0 saturated carbocycles. The SMILES string of the molecule is COc1ccc(NC(=O)COC(=O)c2ccc(C)cc2C)cc1OC. The maximum absolute atomic E-state index is 12.1. The van der Waals surface area contributed by atoms with Gasteiger partial charge in [-0.05, 0) is 37.6 Å². The number of carbonyl (C=O) groups excluding carboxylic acids is 2. The zero-order valence-electron chi connectivity index (χ0n) is 14.7. The van der Waals surface area contributed by atoms with Crippen LogP contribution < -0.4 is 14.8 Å². The van der Waals surface area contributed by atoms with Crippen LogP contribution in [0, 0.1) is 13.8 Å². The fourth-order valence-electron chi connectivity index (χ4n) is 2.36. The molecule has 0 unspecified atom stereocenters. The van der Waals surface area contributed by atoms with Gasteiger partial charge in [0.2, 0.25) is 0 Å². The highest BCUT2D eigenvalue weighted by Crippen LogP contribution is 2.29. The zero-order valence-corrected chi connectivity index (χ0v) is 14.7. The summed E-state index contributed by atoms with van der Waals surface area (Å²) in [4.78, 5) is 24.1. The van der Waals surface area contributed by atoms with Crippen molar-refractivity contribution in [3.05, 3.63) is 53.1 Å². The first-order chi connectivity index (χ1) is 11.9. The lowest BCUT2D eigenvalue weighted by Gasteiger charge is -2.11. The van der Waals surface area contributed by atoms with Gasteiger partial charge < -0.3 is 19.5 Å². The van der Waals surface area contributed by atoms with Crippen molar-refractivity contribution in [3.8, 4) is 11.5 Å². The Labute approximate surface area is 146 Å². The molecule has 0 saturated heterocycles. The van der Waals surface area contributed by atoms with Crippen molar-refractivity contribution in [2.45, 2.75) is 13.8 Å². The topological polar surface area (TPSA) is 73.9 Å². The third kappa shape index (κ3) is 4.73. The minimum absolute atomic E-state index is 0.375. The van der Waals surface area contributed by atoms with Crippen LogP contribution in [-0.2, 0) is 9.53 Å². The molecular formula is C19H21NO5. The average Bonchev–Trinajstić information content (AvgIpc) is 2.59. The van der Waals surface area contributed by atoms with Crippen LogP contribution in [-0.4, -0.2) is 32.7 Å². The zero-order chi connectivity index (χ0) is 18.4. The predicted octanol–water partition coefficient (Wildman–Crippen LogP) is 3.12. The molecular weight excluding hydrogens is 322 g/mol. The second-order valence-corrected chi connectivity index (χ2v) is 5.51. The van der Waals surface area contributed by atoms with Crippen molar-refractivity contribution in [1.29, 1.82) is 0 Å². The summed E-state index contributed by atoms with van der Waals surface area (Å²) in [6.45, 7) is 3.40. The number of aryl methyl sites for hydroxylation is 2. The normalized spacial score (nSPS) is 10.1. The van der Waals surface area contributed by atoms with Crippen molar-refractivity contribution in [3.63, 3.8) is 0 Å². The fraction of sp³-hybridized carbons (Fsp3) is 0.263. The van der Waals surface area contributed by atoms with Crippen LogP contribution in [0.2, 0.25) is 0 Å². The summed E-state index contributed by atoms with van der Waals surface area (Å²) < 4.78 is 15.4. The molecule has 0 aliphatic heterocycles. The number of anilines is 1. The van der Waals surface area contributed by atoms with Gasteiger partial charge in [-0.3, -0.25) is 4.79 Å². The standard InChI is InChI=1S/C19H21NO5/c1-12-5-7-15(13(2)9-12)19(22)25-11-18(21)20-14-6-8-16(23-3)17(10-14)24-4/h5-10H,11H2,1-4H3,(H,20,21). The van der Waals surface area contributed by atoms with Gasteiger partial charge in [0.15, 0.2) is 18.1 Å². The van der Waals surface area contributed by atoms with Crippen molar-refractivity contribution >= 4 is 17.6 Å². The Balaban J connectivity index is 1.95. The lowest BCUT2D eigenvalue weighted by Crippen LogP contribution is -2.21. The number of carbonyl (C=O) groups is 2. The molecule has 0 atom stereocenters. The molecule has 0 aliphatic rings. The van der Waals surface area contributed by atoms with Gasteiger partial charge in [-0.15, -0.1) is 0 Å². The molecule has 25 heavy (non-hydrogen) atoms. The van der Waals surface area contributed by atoms with Crippen molar-refractivity contribution in [2.24, 2.45) is 0 Å². The van der Waals surface area contributed by atoms with Gasteiger partial charge in [-0.1, -0.05) is 17.7 Å². The van der Waals surface area contributed by atoms with E-state index in [1.807, 2.05) is 26.0 Å². The highest BCUT2D eigenvalue weighted by Gasteiger charge is 2.13. The minimum Gasteiger partial charge on any atom is -0.493 e. The van der Waals surface area contributed by atoms with E-state index in [-0.39, 0.29) is 6.61 Å². The number of methoxy groups -OCH3 is 2. The monoisotopic (exact) mass is 343 g/mol. The predicted molar refractivity (Wildman–Crippen MR) is 94.4 cm³/mol. The third-order valence-electron chi connectivity index (χ3n) is 3.60. The van der Waals surface area contributed by atoms with E-state index < -0.39 is 11.9 Å². The molecule has 0 fully saturated rings. The van der Waals surface area contributed by atoms with E-state index in [1.54, 1.807) is 24.3 Å². The Bertz CT molecular complexity index is 785. The molecule has 0 bridgehead atoms. The number of rotatable bonds is 6. The Morgan fingerprint density at radius 1 is 0.960 bits per heavy atom. The Hall–Kier alpha value is -3.02. The van der Waals surface area contributed by atoms with Crippen LogP contribution >= 0.6 is 0 Å². The molecule has 0 heterocycles. The van der Waals surface area contributed by atoms with Gasteiger partial charge >= 0.3 is 5.97 Å². The van der Waals surface area contributed by atoms with Crippen LogP contribution in [0.3, 0.4) is 0 Å². The quantitative estimate of drug-likeness (QED) is 0.816. The average molecular weight is 343 g/mol. The number of hydrogen-bond donors (Lipinski definition) is 1. The molecule has 6 heteroatoms. The molecule has 6 nitrogen and oxygen atoms in total. The molecule has 0 aromatic heterocycles. The first kappa shape index (κ1) is 18.3. The minimum atomic E-state index is -0.528. The number of ether oxygens (including phenoxy) is 3. The van der Waals surface area contributed by atoms with Crippen molar-refractivity contribution in [2.75, 3.05) is 26.1 Å². The van der Waals surface area contributed by atoms with Gasteiger partial charge in [-0.2, -0.15) is 0 Å². The maximum Gasteiger partial charge on any atom is 0.338 e.